The van der Waals surface area contributed by atoms with Gasteiger partial charge >= 0.3 is 5.97 Å². The number of halogens is 2. The molecule has 90 valence electrons. The van der Waals surface area contributed by atoms with E-state index in [1.54, 1.807) is 0 Å². The van der Waals surface area contributed by atoms with Crippen LogP contribution in [0.1, 0.15) is 6.42 Å². The van der Waals surface area contributed by atoms with Crippen molar-refractivity contribution in [2.45, 2.75) is 6.42 Å². The second kappa shape index (κ2) is 4.44. The van der Waals surface area contributed by atoms with E-state index < -0.39 is 23.6 Å². The van der Waals surface area contributed by atoms with Crippen molar-refractivity contribution in [3.63, 3.8) is 0 Å². The lowest BCUT2D eigenvalue weighted by Gasteiger charge is -2.17. The number of benzene rings is 1. The molecule has 1 aromatic rings. The largest absolute Gasteiger partial charge is 0.481 e. The lowest BCUT2D eigenvalue weighted by Crippen LogP contribution is -2.30. The Labute approximate surface area is 105 Å². The zero-order chi connectivity index (χ0) is 12.6. The first-order valence-corrected chi connectivity index (χ1v) is 5.79. The van der Waals surface area contributed by atoms with Crippen LogP contribution in [-0.4, -0.2) is 23.5 Å². The highest BCUT2D eigenvalue weighted by Crippen LogP contribution is 2.29. The minimum Gasteiger partial charge on any atom is -0.481 e. The number of carbonyl (C=O) groups is 2. The summed E-state index contributed by atoms with van der Waals surface area (Å²) in [7, 11) is 0. The van der Waals surface area contributed by atoms with Crippen LogP contribution in [0.5, 0.6) is 0 Å². The number of carboxylic acid groups (broad SMARTS) is 1. The Bertz CT molecular complexity index is 492. The molecule has 1 heterocycles. The van der Waals surface area contributed by atoms with Gasteiger partial charge in [-0.25, -0.2) is 4.39 Å². The summed E-state index contributed by atoms with van der Waals surface area (Å²) in [5.41, 5.74) is 0.119. The molecule has 1 atom stereocenters. The predicted octanol–water partition coefficient (Wildman–Crippen LogP) is 2.03. The van der Waals surface area contributed by atoms with Gasteiger partial charge in [0.15, 0.2) is 0 Å². The molecule has 1 amide bonds. The normalized spacial score (nSPS) is 19.8. The first-order chi connectivity index (χ1) is 8.00. The Balaban J connectivity index is 2.33. The number of hydrogen-bond acceptors (Lipinski definition) is 2. The van der Waals surface area contributed by atoms with Crippen molar-refractivity contribution in [3.05, 3.63) is 28.5 Å². The van der Waals surface area contributed by atoms with E-state index in [9.17, 15) is 14.0 Å². The Morgan fingerprint density at radius 3 is 2.82 bits per heavy atom. The molecule has 0 radical (unpaired) electrons. The molecule has 2 rings (SSSR count). The molecule has 1 saturated heterocycles. The standard InChI is InChI=1S/C11H9BrFNO3/c12-6-1-2-8(13)9(5-6)14-4-3-7(10(14)15)11(16)17/h1-2,5,7H,3-4H2,(H,16,17). The molecular formula is C11H9BrFNO3. The van der Waals surface area contributed by atoms with Crippen molar-refractivity contribution < 1.29 is 19.1 Å². The minimum atomic E-state index is -1.16. The molecule has 0 bridgehead atoms. The summed E-state index contributed by atoms with van der Waals surface area (Å²) < 4.78 is 14.2. The molecule has 4 nitrogen and oxygen atoms in total. The molecule has 1 aromatic carbocycles. The van der Waals surface area contributed by atoms with Gasteiger partial charge in [-0.1, -0.05) is 15.9 Å². The van der Waals surface area contributed by atoms with Gasteiger partial charge in [0.1, 0.15) is 11.7 Å². The van der Waals surface area contributed by atoms with Crippen LogP contribution in [0.4, 0.5) is 10.1 Å². The number of anilines is 1. The van der Waals surface area contributed by atoms with Gasteiger partial charge < -0.3 is 10.0 Å². The van der Waals surface area contributed by atoms with Gasteiger partial charge in [-0.3, -0.25) is 9.59 Å². The van der Waals surface area contributed by atoms with Crippen LogP contribution in [0.25, 0.3) is 0 Å². The maximum atomic E-state index is 13.6. The van der Waals surface area contributed by atoms with Gasteiger partial charge in [-0.2, -0.15) is 0 Å². The molecule has 0 spiro atoms. The van der Waals surface area contributed by atoms with Crippen LogP contribution in [0.2, 0.25) is 0 Å². The van der Waals surface area contributed by atoms with Gasteiger partial charge in [0.05, 0.1) is 5.69 Å². The fraction of sp³-hybridized carbons (Fsp3) is 0.273. The molecule has 1 aliphatic heterocycles. The van der Waals surface area contributed by atoms with Crippen LogP contribution in [-0.2, 0) is 9.59 Å². The van der Waals surface area contributed by atoms with Crippen molar-refractivity contribution >= 4 is 33.5 Å². The van der Waals surface area contributed by atoms with E-state index in [4.69, 9.17) is 5.11 Å². The minimum absolute atomic E-state index is 0.119. The fourth-order valence-corrected chi connectivity index (χ4v) is 2.19. The SMILES string of the molecule is O=C(O)C1CCN(c2cc(Br)ccc2F)C1=O. The van der Waals surface area contributed by atoms with Crippen molar-refractivity contribution in [2.75, 3.05) is 11.4 Å². The highest BCUT2D eigenvalue weighted by atomic mass is 79.9. The van der Waals surface area contributed by atoms with Crippen molar-refractivity contribution in [1.82, 2.24) is 0 Å². The number of aliphatic carboxylic acids is 1. The Morgan fingerprint density at radius 2 is 2.24 bits per heavy atom. The zero-order valence-corrected chi connectivity index (χ0v) is 10.3. The van der Waals surface area contributed by atoms with E-state index in [-0.39, 0.29) is 18.7 Å². The van der Waals surface area contributed by atoms with E-state index in [0.717, 1.165) is 0 Å². The van der Waals surface area contributed by atoms with Crippen LogP contribution < -0.4 is 4.90 Å². The summed E-state index contributed by atoms with van der Waals surface area (Å²) >= 11 is 3.19. The van der Waals surface area contributed by atoms with Crippen LogP contribution in [0, 0.1) is 11.7 Å². The fourth-order valence-electron chi connectivity index (χ4n) is 1.84. The second-order valence-corrected chi connectivity index (χ2v) is 4.68. The van der Waals surface area contributed by atoms with Crippen LogP contribution >= 0.6 is 15.9 Å². The highest BCUT2D eigenvalue weighted by molar-refractivity contribution is 9.10. The Kier molecular flexibility index (Phi) is 3.15. The first kappa shape index (κ1) is 12.0. The van der Waals surface area contributed by atoms with Gasteiger partial charge in [0.25, 0.3) is 0 Å². The maximum Gasteiger partial charge on any atom is 0.316 e. The summed E-state index contributed by atoms with van der Waals surface area (Å²) in [5.74, 6) is -3.32. The molecular weight excluding hydrogens is 293 g/mol. The lowest BCUT2D eigenvalue weighted by atomic mass is 10.1. The summed E-state index contributed by atoms with van der Waals surface area (Å²) in [4.78, 5) is 23.7. The monoisotopic (exact) mass is 301 g/mol. The van der Waals surface area contributed by atoms with Crippen molar-refractivity contribution in [2.24, 2.45) is 5.92 Å². The third-order valence-electron chi connectivity index (χ3n) is 2.70. The molecule has 1 fully saturated rings. The van der Waals surface area contributed by atoms with Crippen LogP contribution in [0.15, 0.2) is 22.7 Å². The van der Waals surface area contributed by atoms with E-state index >= 15 is 0 Å². The van der Waals surface area contributed by atoms with Gasteiger partial charge in [-0.05, 0) is 24.6 Å². The van der Waals surface area contributed by atoms with E-state index in [1.807, 2.05) is 0 Å². The number of nitrogens with zero attached hydrogens (tertiary/aromatic N) is 1. The summed E-state index contributed by atoms with van der Waals surface area (Å²) in [5, 5.41) is 8.82. The third-order valence-corrected chi connectivity index (χ3v) is 3.20. The van der Waals surface area contributed by atoms with Crippen molar-refractivity contribution in [3.8, 4) is 0 Å². The number of carbonyl (C=O) groups excluding carboxylic acids is 1. The molecule has 6 heteroatoms. The molecule has 1 unspecified atom stereocenters. The molecule has 1 aliphatic rings. The average Bonchev–Trinajstić information content (AvgIpc) is 2.64. The van der Waals surface area contributed by atoms with Crippen LogP contribution in [0.3, 0.4) is 0 Å². The second-order valence-electron chi connectivity index (χ2n) is 3.77. The zero-order valence-electron chi connectivity index (χ0n) is 8.69. The molecule has 0 aromatic heterocycles. The van der Waals surface area contributed by atoms with E-state index in [0.29, 0.717) is 4.47 Å². The molecule has 17 heavy (non-hydrogen) atoms. The molecule has 0 saturated carbocycles. The third kappa shape index (κ3) is 2.17. The Hall–Kier alpha value is -1.43. The maximum absolute atomic E-state index is 13.6. The smallest absolute Gasteiger partial charge is 0.316 e. The summed E-state index contributed by atoms with van der Waals surface area (Å²) in [6.07, 6.45) is 0.208. The molecule has 1 N–H and O–H groups in total. The summed E-state index contributed by atoms with van der Waals surface area (Å²) in [6.45, 7) is 0.225. The van der Waals surface area contributed by atoms with E-state index in [2.05, 4.69) is 15.9 Å². The van der Waals surface area contributed by atoms with E-state index in [1.165, 1.54) is 23.1 Å². The predicted molar refractivity (Wildman–Crippen MR) is 62.2 cm³/mol. The number of rotatable bonds is 2. The Morgan fingerprint density at radius 1 is 1.53 bits per heavy atom. The van der Waals surface area contributed by atoms with Gasteiger partial charge in [0, 0.05) is 11.0 Å². The number of amides is 1. The number of hydrogen-bond donors (Lipinski definition) is 1. The highest BCUT2D eigenvalue weighted by Gasteiger charge is 2.38. The van der Waals surface area contributed by atoms with Crippen molar-refractivity contribution in [1.29, 1.82) is 0 Å². The first-order valence-electron chi connectivity index (χ1n) is 5.00. The average molecular weight is 302 g/mol. The lowest BCUT2D eigenvalue weighted by molar-refractivity contribution is -0.144. The number of carboxylic acids is 1. The van der Waals surface area contributed by atoms with Gasteiger partial charge in [-0.15, -0.1) is 0 Å². The molecule has 0 aliphatic carbocycles. The van der Waals surface area contributed by atoms with Gasteiger partial charge in [0.2, 0.25) is 5.91 Å². The summed E-state index contributed by atoms with van der Waals surface area (Å²) in [6, 6.07) is 4.23. The quantitative estimate of drug-likeness (QED) is 0.850. The topological polar surface area (TPSA) is 57.6 Å².